The zero-order valence-electron chi connectivity index (χ0n) is 12.9. The van der Waals surface area contributed by atoms with Gasteiger partial charge in [-0.05, 0) is 51.7 Å². The Labute approximate surface area is 129 Å². The highest BCUT2D eigenvalue weighted by Gasteiger charge is 2.41. The molecule has 0 radical (unpaired) electrons. The molecule has 2 rings (SSSR count). The maximum atomic E-state index is 12.2. The third kappa shape index (κ3) is 3.64. The van der Waals surface area contributed by atoms with Crippen LogP contribution in [-0.4, -0.2) is 35.0 Å². The molecular weight excluding hydrogens is 286 g/mol. The van der Waals surface area contributed by atoms with Gasteiger partial charge in [0.05, 0.1) is 5.41 Å². The number of rotatable bonds is 5. The Morgan fingerprint density at radius 2 is 2.14 bits per heavy atom. The topological polar surface area (TPSA) is 57.6 Å². The summed E-state index contributed by atoms with van der Waals surface area (Å²) in [7, 11) is 0. The van der Waals surface area contributed by atoms with Crippen molar-refractivity contribution >= 4 is 23.2 Å². The molecule has 1 aliphatic heterocycles. The van der Waals surface area contributed by atoms with E-state index in [0.717, 1.165) is 12.8 Å². The standard InChI is InChI=1S/C16H23NO3S/c1-11-9-13(12(2)21-11)5-4-6-14(18)17-8-7-16(3,10-17)15(19)20/h9H,4-8,10H2,1-3H3,(H,19,20)/t16-/m0/s1. The second kappa shape index (κ2) is 6.18. The number of likely N-dealkylation sites (tertiary alicyclic amines) is 1. The third-order valence-corrected chi connectivity index (χ3v) is 5.33. The van der Waals surface area contributed by atoms with Gasteiger partial charge < -0.3 is 10.0 Å². The molecule has 1 fully saturated rings. The number of amides is 1. The Balaban J connectivity index is 1.81. The van der Waals surface area contributed by atoms with Gasteiger partial charge in [-0.2, -0.15) is 0 Å². The predicted octanol–water partition coefficient (Wildman–Crippen LogP) is 3.01. The van der Waals surface area contributed by atoms with Crippen LogP contribution in [0.2, 0.25) is 0 Å². The number of hydrogen-bond donors (Lipinski definition) is 1. The fourth-order valence-electron chi connectivity index (χ4n) is 2.87. The van der Waals surface area contributed by atoms with Crippen LogP contribution >= 0.6 is 11.3 Å². The molecule has 21 heavy (non-hydrogen) atoms. The van der Waals surface area contributed by atoms with Gasteiger partial charge in [-0.25, -0.2) is 0 Å². The molecule has 1 aromatic rings. The lowest BCUT2D eigenvalue weighted by Gasteiger charge is -2.20. The normalized spacial score (nSPS) is 21.8. The Bertz CT molecular complexity index is 552. The third-order valence-electron chi connectivity index (χ3n) is 4.32. The summed E-state index contributed by atoms with van der Waals surface area (Å²) in [6.07, 6.45) is 2.81. The number of hydrogen-bond acceptors (Lipinski definition) is 3. The van der Waals surface area contributed by atoms with Crippen molar-refractivity contribution in [2.24, 2.45) is 5.41 Å². The molecule has 1 saturated heterocycles. The molecule has 0 saturated carbocycles. The number of carboxylic acid groups (broad SMARTS) is 1. The van der Waals surface area contributed by atoms with Crippen molar-refractivity contribution in [3.63, 3.8) is 0 Å². The van der Waals surface area contributed by atoms with Gasteiger partial charge in [0, 0.05) is 29.3 Å². The van der Waals surface area contributed by atoms with Gasteiger partial charge in [0.2, 0.25) is 5.91 Å². The number of carbonyl (C=O) groups excluding carboxylic acids is 1. The summed E-state index contributed by atoms with van der Waals surface area (Å²) < 4.78 is 0. The van der Waals surface area contributed by atoms with E-state index in [1.165, 1.54) is 15.3 Å². The first-order valence-corrected chi connectivity index (χ1v) is 8.20. The van der Waals surface area contributed by atoms with Crippen LogP contribution in [0.4, 0.5) is 0 Å². The van der Waals surface area contributed by atoms with Gasteiger partial charge in [-0.3, -0.25) is 9.59 Å². The SMILES string of the molecule is Cc1cc(CCCC(=O)N2CC[C@](C)(C(=O)O)C2)c(C)s1. The zero-order chi connectivity index (χ0) is 15.6. The van der Waals surface area contributed by atoms with Gasteiger partial charge in [0.15, 0.2) is 0 Å². The van der Waals surface area contributed by atoms with Crippen LogP contribution in [-0.2, 0) is 16.0 Å². The maximum absolute atomic E-state index is 12.2. The highest BCUT2D eigenvalue weighted by Crippen LogP contribution is 2.30. The van der Waals surface area contributed by atoms with E-state index in [0.29, 0.717) is 25.9 Å². The molecule has 116 valence electrons. The van der Waals surface area contributed by atoms with Gasteiger partial charge in [-0.15, -0.1) is 11.3 Å². The van der Waals surface area contributed by atoms with Crippen LogP contribution in [0.1, 0.15) is 41.5 Å². The van der Waals surface area contributed by atoms with Gasteiger partial charge >= 0.3 is 5.97 Å². The largest absolute Gasteiger partial charge is 0.481 e. The van der Waals surface area contributed by atoms with Gasteiger partial charge in [0.1, 0.15) is 0 Å². The van der Waals surface area contributed by atoms with E-state index in [1.54, 1.807) is 23.2 Å². The number of thiophene rings is 1. The van der Waals surface area contributed by atoms with E-state index >= 15 is 0 Å². The number of carboxylic acids is 1. The molecule has 0 spiro atoms. The lowest BCUT2D eigenvalue weighted by Crippen LogP contribution is -2.34. The van der Waals surface area contributed by atoms with E-state index in [-0.39, 0.29) is 5.91 Å². The predicted molar refractivity (Wildman–Crippen MR) is 83.7 cm³/mol. The van der Waals surface area contributed by atoms with Crippen LogP contribution in [0.25, 0.3) is 0 Å². The number of carbonyl (C=O) groups is 2. The number of aliphatic carboxylic acids is 1. The van der Waals surface area contributed by atoms with Gasteiger partial charge in [0.25, 0.3) is 0 Å². The number of aryl methyl sites for hydroxylation is 3. The summed E-state index contributed by atoms with van der Waals surface area (Å²) in [6.45, 7) is 6.85. The summed E-state index contributed by atoms with van der Waals surface area (Å²) in [5, 5.41) is 9.19. The second-order valence-corrected chi connectivity index (χ2v) is 7.68. The minimum atomic E-state index is -0.804. The fourth-order valence-corrected chi connectivity index (χ4v) is 3.84. The van der Waals surface area contributed by atoms with E-state index in [1.807, 2.05) is 0 Å². The second-order valence-electron chi connectivity index (χ2n) is 6.22. The molecule has 4 nitrogen and oxygen atoms in total. The highest BCUT2D eigenvalue weighted by atomic mass is 32.1. The van der Waals surface area contributed by atoms with E-state index in [9.17, 15) is 14.7 Å². The van der Waals surface area contributed by atoms with Crippen molar-refractivity contribution in [1.29, 1.82) is 0 Å². The minimum Gasteiger partial charge on any atom is -0.481 e. The summed E-state index contributed by atoms with van der Waals surface area (Å²) in [4.78, 5) is 27.7. The lowest BCUT2D eigenvalue weighted by atomic mass is 9.90. The lowest BCUT2D eigenvalue weighted by molar-refractivity contribution is -0.147. The Morgan fingerprint density at radius 1 is 1.43 bits per heavy atom. The molecular formula is C16H23NO3S. The summed E-state index contributed by atoms with van der Waals surface area (Å²) >= 11 is 1.80. The zero-order valence-corrected chi connectivity index (χ0v) is 13.8. The van der Waals surface area contributed by atoms with Crippen molar-refractivity contribution < 1.29 is 14.7 Å². The van der Waals surface area contributed by atoms with Crippen molar-refractivity contribution in [2.75, 3.05) is 13.1 Å². The molecule has 0 aliphatic carbocycles. The average molecular weight is 309 g/mol. The van der Waals surface area contributed by atoms with Crippen molar-refractivity contribution in [3.05, 3.63) is 21.4 Å². The highest BCUT2D eigenvalue weighted by molar-refractivity contribution is 7.12. The molecule has 2 heterocycles. The van der Waals surface area contributed by atoms with Crippen LogP contribution < -0.4 is 0 Å². The molecule has 1 amide bonds. The molecule has 1 atom stereocenters. The minimum absolute atomic E-state index is 0.0876. The van der Waals surface area contributed by atoms with Crippen LogP contribution in [0.5, 0.6) is 0 Å². The smallest absolute Gasteiger partial charge is 0.311 e. The molecule has 1 aliphatic rings. The summed E-state index contributed by atoms with van der Waals surface area (Å²) in [6, 6.07) is 2.20. The van der Waals surface area contributed by atoms with Crippen molar-refractivity contribution in [1.82, 2.24) is 4.90 Å². The van der Waals surface area contributed by atoms with E-state index < -0.39 is 11.4 Å². The Hall–Kier alpha value is -1.36. The summed E-state index contributed by atoms with van der Waals surface area (Å²) in [5.41, 5.74) is 0.568. The Morgan fingerprint density at radius 3 is 2.67 bits per heavy atom. The monoisotopic (exact) mass is 309 g/mol. The molecule has 5 heteroatoms. The number of nitrogens with zero attached hydrogens (tertiary/aromatic N) is 1. The molecule has 0 bridgehead atoms. The quantitative estimate of drug-likeness (QED) is 0.909. The van der Waals surface area contributed by atoms with Crippen LogP contribution in [0.15, 0.2) is 6.07 Å². The van der Waals surface area contributed by atoms with Crippen LogP contribution in [0.3, 0.4) is 0 Å². The average Bonchev–Trinajstić information content (AvgIpc) is 2.94. The summed E-state index contributed by atoms with van der Waals surface area (Å²) in [5.74, 6) is -0.716. The fraction of sp³-hybridized carbons (Fsp3) is 0.625. The van der Waals surface area contributed by atoms with Crippen LogP contribution in [0, 0.1) is 19.3 Å². The molecule has 0 unspecified atom stereocenters. The van der Waals surface area contributed by atoms with E-state index in [2.05, 4.69) is 19.9 Å². The van der Waals surface area contributed by atoms with Crippen molar-refractivity contribution in [3.8, 4) is 0 Å². The first-order chi connectivity index (χ1) is 9.82. The Kier molecular flexibility index (Phi) is 4.71. The first-order valence-electron chi connectivity index (χ1n) is 7.39. The molecule has 1 aromatic heterocycles. The molecule has 1 N–H and O–H groups in total. The maximum Gasteiger partial charge on any atom is 0.311 e. The van der Waals surface area contributed by atoms with E-state index in [4.69, 9.17) is 0 Å². The molecule has 0 aromatic carbocycles. The van der Waals surface area contributed by atoms with Gasteiger partial charge in [-0.1, -0.05) is 0 Å². The van der Waals surface area contributed by atoms with Crippen molar-refractivity contribution in [2.45, 2.75) is 46.5 Å². The first kappa shape index (κ1) is 16.0.